The van der Waals surface area contributed by atoms with Gasteiger partial charge >= 0.3 is 0 Å². The van der Waals surface area contributed by atoms with E-state index in [0.29, 0.717) is 23.7 Å². The van der Waals surface area contributed by atoms with E-state index in [2.05, 4.69) is 27.7 Å². The summed E-state index contributed by atoms with van der Waals surface area (Å²) >= 11 is 0. The molecule has 0 aromatic carbocycles. The number of methoxy groups -OCH3 is 1. The van der Waals surface area contributed by atoms with E-state index in [1.54, 1.807) is 7.11 Å². The molecular formula is C15H24O2. The first-order valence-electron chi connectivity index (χ1n) is 6.65. The molecule has 17 heavy (non-hydrogen) atoms. The summed E-state index contributed by atoms with van der Waals surface area (Å²) in [7, 11) is 1.76. The van der Waals surface area contributed by atoms with Gasteiger partial charge < -0.3 is 4.74 Å². The van der Waals surface area contributed by atoms with E-state index in [0.717, 1.165) is 24.8 Å². The number of rotatable bonds is 4. The van der Waals surface area contributed by atoms with Gasteiger partial charge in [0, 0.05) is 13.5 Å². The summed E-state index contributed by atoms with van der Waals surface area (Å²) in [5, 5.41) is 0. The smallest absolute Gasteiger partial charge is 0.159 e. The van der Waals surface area contributed by atoms with Gasteiger partial charge in [0.2, 0.25) is 0 Å². The Morgan fingerprint density at radius 1 is 1.41 bits per heavy atom. The zero-order chi connectivity index (χ0) is 12.8. The third-order valence-corrected chi connectivity index (χ3v) is 4.84. The van der Waals surface area contributed by atoms with Crippen molar-refractivity contribution in [2.75, 3.05) is 7.11 Å². The molecule has 0 N–H and O–H groups in total. The van der Waals surface area contributed by atoms with Crippen LogP contribution in [0.5, 0.6) is 0 Å². The maximum Gasteiger partial charge on any atom is 0.159 e. The minimum absolute atomic E-state index is 0.281. The van der Waals surface area contributed by atoms with Crippen molar-refractivity contribution in [3.8, 4) is 0 Å². The molecule has 2 nitrogen and oxygen atoms in total. The van der Waals surface area contributed by atoms with Crippen molar-refractivity contribution >= 4 is 5.78 Å². The van der Waals surface area contributed by atoms with Gasteiger partial charge in [0.25, 0.3) is 0 Å². The van der Waals surface area contributed by atoms with Crippen LogP contribution < -0.4 is 0 Å². The first-order chi connectivity index (χ1) is 7.89. The van der Waals surface area contributed by atoms with Crippen molar-refractivity contribution in [3.63, 3.8) is 0 Å². The molecule has 1 saturated carbocycles. The van der Waals surface area contributed by atoms with E-state index < -0.39 is 0 Å². The first-order valence-corrected chi connectivity index (χ1v) is 6.65. The fraction of sp³-hybridized carbons (Fsp3) is 0.800. The molecule has 3 unspecified atom stereocenters. The second kappa shape index (κ2) is 4.24. The fourth-order valence-corrected chi connectivity index (χ4v) is 3.46. The standard InChI is InChI=1S/C15H24O2/c1-9-6-7-12(16)13(9)14-11(15(14,3)4)8-10(2)17-5/h10-11,14H,6-8H2,1-5H3. The average Bonchev–Trinajstić information content (AvgIpc) is 2.60. The van der Waals surface area contributed by atoms with Crippen molar-refractivity contribution in [2.45, 2.75) is 53.1 Å². The molecule has 0 aliphatic heterocycles. The molecule has 2 aliphatic rings. The van der Waals surface area contributed by atoms with Gasteiger partial charge in [-0.25, -0.2) is 0 Å². The minimum atomic E-state index is 0.281. The second-order valence-corrected chi connectivity index (χ2v) is 6.30. The molecule has 96 valence electrons. The zero-order valence-electron chi connectivity index (χ0n) is 11.7. The van der Waals surface area contributed by atoms with Gasteiger partial charge in [-0.05, 0) is 49.5 Å². The van der Waals surface area contributed by atoms with E-state index in [4.69, 9.17) is 4.74 Å². The Balaban J connectivity index is 2.13. The minimum Gasteiger partial charge on any atom is -0.382 e. The molecule has 2 rings (SSSR count). The van der Waals surface area contributed by atoms with Crippen molar-refractivity contribution in [1.29, 1.82) is 0 Å². The molecule has 0 heterocycles. The molecular weight excluding hydrogens is 212 g/mol. The second-order valence-electron chi connectivity index (χ2n) is 6.30. The van der Waals surface area contributed by atoms with Crippen LogP contribution in [-0.2, 0) is 9.53 Å². The van der Waals surface area contributed by atoms with Crippen LogP contribution >= 0.6 is 0 Å². The molecule has 0 bridgehead atoms. The highest BCUT2D eigenvalue weighted by molar-refractivity contribution is 5.99. The summed E-state index contributed by atoms with van der Waals surface area (Å²) in [5.41, 5.74) is 2.77. The zero-order valence-corrected chi connectivity index (χ0v) is 11.7. The molecule has 0 amide bonds. The lowest BCUT2D eigenvalue weighted by Gasteiger charge is -2.09. The summed E-state index contributed by atoms with van der Waals surface area (Å²) in [5.74, 6) is 1.49. The normalized spacial score (nSPS) is 33.1. The highest BCUT2D eigenvalue weighted by Crippen LogP contribution is 2.65. The van der Waals surface area contributed by atoms with E-state index >= 15 is 0 Å². The number of hydrogen-bond acceptors (Lipinski definition) is 2. The number of Topliss-reactive ketones (excluding diaryl/α,β-unsaturated/α-hetero) is 1. The Morgan fingerprint density at radius 3 is 2.53 bits per heavy atom. The van der Waals surface area contributed by atoms with Crippen LogP contribution in [0, 0.1) is 17.3 Å². The summed E-state index contributed by atoms with van der Waals surface area (Å²) in [6.07, 6.45) is 3.08. The number of allylic oxidation sites excluding steroid dienone is 2. The van der Waals surface area contributed by atoms with E-state index in [-0.39, 0.29) is 5.41 Å². The van der Waals surface area contributed by atoms with Gasteiger partial charge in [-0.2, -0.15) is 0 Å². The lowest BCUT2D eigenvalue weighted by molar-refractivity contribution is -0.115. The van der Waals surface area contributed by atoms with Crippen molar-refractivity contribution < 1.29 is 9.53 Å². The van der Waals surface area contributed by atoms with Gasteiger partial charge in [-0.15, -0.1) is 0 Å². The van der Waals surface area contributed by atoms with Gasteiger partial charge in [0.1, 0.15) is 0 Å². The highest BCUT2D eigenvalue weighted by atomic mass is 16.5. The van der Waals surface area contributed by atoms with Crippen LogP contribution in [0.4, 0.5) is 0 Å². The summed E-state index contributed by atoms with van der Waals surface area (Å²) in [6.45, 7) is 8.82. The number of carbonyl (C=O) groups is 1. The Morgan fingerprint density at radius 2 is 2.06 bits per heavy atom. The Hall–Kier alpha value is -0.630. The largest absolute Gasteiger partial charge is 0.382 e. The SMILES string of the molecule is COC(C)CC1C(C2=C(C)CCC2=O)C1(C)C. The molecule has 2 aliphatic carbocycles. The van der Waals surface area contributed by atoms with Crippen LogP contribution in [0.25, 0.3) is 0 Å². The predicted octanol–water partition coefficient (Wildman–Crippen LogP) is 3.36. The van der Waals surface area contributed by atoms with Gasteiger partial charge in [-0.1, -0.05) is 19.4 Å². The Kier molecular flexibility index (Phi) is 3.19. The quantitative estimate of drug-likeness (QED) is 0.748. The highest BCUT2D eigenvalue weighted by Gasteiger charge is 2.60. The molecule has 0 radical (unpaired) electrons. The van der Waals surface area contributed by atoms with Crippen molar-refractivity contribution in [3.05, 3.63) is 11.1 Å². The third-order valence-electron chi connectivity index (χ3n) is 4.84. The summed E-state index contributed by atoms with van der Waals surface area (Å²) < 4.78 is 5.36. The summed E-state index contributed by atoms with van der Waals surface area (Å²) in [4.78, 5) is 12.0. The number of carbonyl (C=O) groups excluding carboxylic acids is 1. The number of ether oxygens (including phenoxy) is 1. The topological polar surface area (TPSA) is 26.3 Å². The van der Waals surface area contributed by atoms with E-state index in [1.165, 1.54) is 5.57 Å². The predicted molar refractivity (Wildman–Crippen MR) is 68.8 cm³/mol. The fourth-order valence-electron chi connectivity index (χ4n) is 3.46. The van der Waals surface area contributed by atoms with Crippen LogP contribution in [0.15, 0.2) is 11.1 Å². The Labute approximate surface area is 104 Å². The van der Waals surface area contributed by atoms with Crippen molar-refractivity contribution in [1.82, 2.24) is 0 Å². The summed E-state index contributed by atoms with van der Waals surface area (Å²) in [6, 6.07) is 0. The van der Waals surface area contributed by atoms with Gasteiger partial charge in [0.15, 0.2) is 5.78 Å². The third kappa shape index (κ3) is 2.08. The van der Waals surface area contributed by atoms with Crippen LogP contribution in [0.2, 0.25) is 0 Å². The van der Waals surface area contributed by atoms with Gasteiger partial charge in [0.05, 0.1) is 6.10 Å². The molecule has 2 heteroatoms. The lowest BCUT2D eigenvalue weighted by atomic mass is 10.00. The molecule has 3 atom stereocenters. The number of ketones is 1. The van der Waals surface area contributed by atoms with Crippen LogP contribution in [-0.4, -0.2) is 19.0 Å². The molecule has 0 saturated heterocycles. The van der Waals surface area contributed by atoms with Crippen LogP contribution in [0.3, 0.4) is 0 Å². The van der Waals surface area contributed by atoms with E-state index in [1.807, 2.05) is 0 Å². The Bertz CT molecular complexity index is 365. The van der Waals surface area contributed by atoms with Crippen molar-refractivity contribution in [2.24, 2.45) is 17.3 Å². The molecule has 0 spiro atoms. The van der Waals surface area contributed by atoms with Crippen LogP contribution in [0.1, 0.15) is 47.0 Å². The maximum absolute atomic E-state index is 12.0. The molecule has 0 aromatic rings. The first kappa shape index (κ1) is 12.8. The van der Waals surface area contributed by atoms with Gasteiger partial charge in [-0.3, -0.25) is 4.79 Å². The maximum atomic E-state index is 12.0. The number of hydrogen-bond donors (Lipinski definition) is 0. The van der Waals surface area contributed by atoms with E-state index in [9.17, 15) is 4.79 Å². The lowest BCUT2D eigenvalue weighted by Crippen LogP contribution is -2.08. The molecule has 1 fully saturated rings. The molecule has 0 aromatic heterocycles. The monoisotopic (exact) mass is 236 g/mol. The average molecular weight is 236 g/mol.